The van der Waals surface area contributed by atoms with Crippen LogP contribution in [0.2, 0.25) is 0 Å². The van der Waals surface area contributed by atoms with Crippen molar-refractivity contribution in [1.82, 2.24) is 25.1 Å². The standard InChI is InChI=1S/C20H17N5O6S/c1-27-13-7-11(8-14(28-2)16(13)29-3)18-25-24-15(31-18)9-30-20(26)12-10-32-19(23-12)17-21-5-4-6-22-17/h4-8,10H,9H2,1-3H3. The molecule has 3 aromatic heterocycles. The molecule has 32 heavy (non-hydrogen) atoms. The van der Waals surface area contributed by atoms with E-state index in [9.17, 15) is 4.79 Å². The van der Waals surface area contributed by atoms with Crippen LogP contribution in [0.15, 0.2) is 40.4 Å². The normalized spacial score (nSPS) is 10.6. The zero-order valence-corrected chi connectivity index (χ0v) is 18.1. The number of methoxy groups -OCH3 is 3. The maximum absolute atomic E-state index is 12.3. The molecule has 4 aromatic rings. The Balaban J connectivity index is 1.45. The number of rotatable bonds is 8. The lowest BCUT2D eigenvalue weighted by molar-refractivity contribution is 0.0433. The average molecular weight is 455 g/mol. The van der Waals surface area contributed by atoms with Gasteiger partial charge in [-0.2, -0.15) is 0 Å². The van der Waals surface area contributed by atoms with E-state index in [4.69, 9.17) is 23.4 Å². The third-order valence-corrected chi connectivity index (χ3v) is 5.01. The summed E-state index contributed by atoms with van der Waals surface area (Å²) in [7, 11) is 4.53. The van der Waals surface area contributed by atoms with Gasteiger partial charge in [0.2, 0.25) is 11.6 Å². The third kappa shape index (κ3) is 4.34. The van der Waals surface area contributed by atoms with Crippen molar-refractivity contribution in [2.45, 2.75) is 6.61 Å². The number of benzene rings is 1. The van der Waals surface area contributed by atoms with Crippen LogP contribution < -0.4 is 14.2 Å². The lowest BCUT2D eigenvalue weighted by Crippen LogP contribution is -2.06. The van der Waals surface area contributed by atoms with Gasteiger partial charge in [0.25, 0.3) is 5.89 Å². The van der Waals surface area contributed by atoms with Crippen molar-refractivity contribution in [3.8, 4) is 39.5 Å². The first kappa shape index (κ1) is 21.2. The molecule has 0 aliphatic rings. The Bertz CT molecular complexity index is 1200. The molecular formula is C20H17N5O6S. The number of hydrogen-bond acceptors (Lipinski definition) is 12. The van der Waals surface area contributed by atoms with Crippen LogP contribution in [0.3, 0.4) is 0 Å². The molecular weight excluding hydrogens is 438 g/mol. The van der Waals surface area contributed by atoms with Gasteiger partial charge in [-0.05, 0) is 18.2 Å². The molecule has 0 bridgehead atoms. The smallest absolute Gasteiger partial charge is 0.358 e. The molecule has 11 nitrogen and oxygen atoms in total. The number of carbonyl (C=O) groups excluding carboxylic acids is 1. The minimum Gasteiger partial charge on any atom is -0.493 e. The van der Waals surface area contributed by atoms with E-state index in [1.54, 1.807) is 36.0 Å². The van der Waals surface area contributed by atoms with Crippen LogP contribution >= 0.6 is 11.3 Å². The Morgan fingerprint density at radius 3 is 2.41 bits per heavy atom. The summed E-state index contributed by atoms with van der Waals surface area (Å²) in [5.41, 5.74) is 0.693. The third-order valence-electron chi connectivity index (χ3n) is 4.18. The van der Waals surface area contributed by atoms with E-state index in [-0.39, 0.29) is 24.1 Å². The van der Waals surface area contributed by atoms with Crippen LogP contribution in [-0.4, -0.2) is 52.4 Å². The van der Waals surface area contributed by atoms with Crippen molar-refractivity contribution < 1.29 is 28.2 Å². The monoisotopic (exact) mass is 455 g/mol. The second-order valence-electron chi connectivity index (χ2n) is 6.10. The highest BCUT2D eigenvalue weighted by molar-refractivity contribution is 7.13. The molecule has 0 fully saturated rings. The minimum atomic E-state index is -0.629. The molecule has 0 saturated heterocycles. The van der Waals surface area contributed by atoms with E-state index in [2.05, 4.69) is 25.1 Å². The SMILES string of the molecule is COc1cc(-c2nnc(COC(=O)c3csc(-c4ncccn4)n3)o2)cc(OC)c1OC. The highest BCUT2D eigenvalue weighted by Gasteiger charge is 2.19. The van der Waals surface area contributed by atoms with Gasteiger partial charge in [-0.25, -0.2) is 19.7 Å². The molecule has 0 saturated carbocycles. The van der Waals surface area contributed by atoms with E-state index in [0.29, 0.717) is 33.6 Å². The second-order valence-corrected chi connectivity index (χ2v) is 6.96. The van der Waals surface area contributed by atoms with Gasteiger partial charge in [-0.15, -0.1) is 21.5 Å². The van der Waals surface area contributed by atoms with Crippen molar-refractivity contribution in [3.63, 3.8) is 0 Å². The fourth-order valence-electron chi connectivity index (χ4n) is 2.71. The lowest BCUT2D eigenvalue weighted by atomic mass is 10.2. The highest BCUT2D eigenvalue weighted by Crippen LogP contribution is 2.40. The van der Waals surface area contributed by atoms with Crippen molar-refractivity contribution >= 4 is 17.3 Å². The summed E-state index contributed by atoms with van der Waals surface area (Å²) in [5.74, 6) is 1.44. The molecule has 164 valence electrons. The fraction of sp³-hybridized carbons (Fsp3) is 0.200. The van der Waals surface area contributed by atoms with Gasteiger partial charge in [-0.3, -0.25) is 0 Å². The van der Waals surface area contributed by atoms with Crippen LogP contribution in [-0.2, 0) is 11.3 Å². The van der Waals surface area contributed by atoms with E-state index in [1.807, 2.05) is 0 Å². The number of carbonyl (C=O) groups is 1. The predicted octanol–water partition coefficient (Wildman–Crippen LogP) is 3.03. The van der Waals surface area contributed by atoms with Gasteiger partial charge in [-0.1, -0.05) is 0 Å². The summed E-state index contributed by atoms with van der Waals surface area (Å²) >= 11 is 1.24. The predicted molar refractivity (Wildman–Crippen MR) is 112 cm³/mol. The van der Waals surface area contributed by atoms with Gasteiger partial charge in [0.05, 0.1) is 21.3 Å². The second kappa shape index (κ2) is 9.39. The number of esters is 1. The summed E-state index contributed by atoms with van der Waals surface area (Å²) in [5, 5.41) is 10.0. The number of ether oxygens (including phenoxy) is 4. The zero-order chi connectivity index (χ0) is 22.5. The topological polar surface area (TPSA) is 132 Å². The largest absolute Gasteiger partial charge is 0.493 e. The molecule has 0 aliphatic heterocycles. The van der Waals surface area contributed by atoms with E-state index < -0.39 is 5.97 Å². The zero-order valence-electron chi connectivity index (χ0n) is 17.3. The summed E-state index contributed by atoms with van der Waals surface area (Å²) in [6.07, 6.45) is 3.20. The Kier molecular flexibility index (Phi) is 6.22. The molecule has 3 heterocycles. The first-order chi connectivity index (χ1) is 15.6. The number of aromatic nitrogens is 5. The lowest BCUT2D eigenvalue weighted by Gasteiger charge is -2.12. The Morgan fingerprint density at radius 1 is 1.03 bits per heavy atom. The quantitative estimate of drug-likeness (QED) is 0.363. The van der Waals surface area contributed by atoms with Crippen LogP contribution in [0.25, 0.3) is 22.3 Å². The Labute approximate surface area is 186 Å². The number of thiazole rings is 1. The number of nitrogens with zero attached hydrogens (tertiary/aromatic N) is 5. The summed E-state index contributed by atoms with van der Waals surface area (Å²) in [6, 6.07) is 5.04. The van der Waals surface area contributed by atoms with Gasteiger partial charge in [0, 0.05) is 23.3 Å². The van der Waals surface area contributed by atoms with Crippen molar-refractivity contribution in [3.05, 3.63) is 47.6 Å². The van der Waals surface area contributed by atoms with Gasteiger partial charge >= 0.3 is 5.97 Å². The summed E-state index contributed by atoms with van der Waals surface area (Å²) in [6.45, 7) is -0.217. The molecule has 1 aromatic carbocycles. The van der Waals surface area contributed by atoms with Crippen LogP contribution in [0.4, 0.5) is 0 Å². The summed E-state index contributed by atoms with van der Waals surface area (Å²) < 4.78 is 26.8. The first-order valence-electron chi connectivity index (χ1n) is 9.15. The van der Waals surface area contributed by atoms with Crippen molar-refractivity contribution in [2.75, 3.05) is 21.3 Å². The van der Waals surface area contributed by atoms with Gasteiger partial charge in [0.1, 0.15) is 0 Å². The highest BCUT2D eigenvalue weighted by atomic mass is 32.1. The average Bonchev–Trinajstić information content (AvgIpc) is 3.52. The van der Waals surface area contributed by atoms with Crippen molar-refractivity contribution in [2.24, 2.45) is 0 Å². The maximum atomic E-state index is 12.3. The molecule has 4 rings (SSSR count). The van der Waals surface area contributed by atoms with E-state index in [1.165, 1.54) is 32.7 Å². The molecule has 0 unspecified atom stereocenters. The molecule has 0 radical (unpaired) electrons. The molecule has 0 spiro atoms. The molecule has 0 amide bonds. The van der Waals surface area contributed by atoms with Gasteiger partial charge in [0.15, 0.2) is 34.6 Å². The van der Waals surface area contributed by atoms with Gasteiger partial charge < -0.3 is 23.4 Å². The summed E-state index contributed by atoms with van der Waals surface area (Å²) in [4.78, 5) is 24.7. The van der Waals surface area contributed by atoms with Crippen molar-refractivity contribution in [1.29, 1.82) is 0 Å². The first-order valence-corrected chi connectivity index (χ1v) is 10.0. The van der Waals surface area contributed by atoms with Crippen LogP contribution in [0.5, 0.6) is 17.2 Å². The number of hydrogen-bond donors (Lipinski definition) is 0. The maximum Gasteiger partial charge on any atom is 0.358 e. The Morgan fingerprint density at radius 2 is 1.75 bits per heavy atom. The van der Waals surface area contributed by atoms with Crippen LogP contribution in [0, 0.1) is 0 Å². The fourth-order valence-corrected chi connectivity index (χ4v) is 3.45. The van der Waals surface area contributed by atoms with E-state index in [0.717, 1.165) is 0 Å². The molecule has 12 heteroatoms. The molecule has 0 atom stereocenters. The van der Waals surface area contributed by atoms with Crippen LogP contribution in [0.1, 0.15) is 16.4 Å². The van der Waals surface area contributed by atoms with E-state index >= 15 is 0 Å². The molecule has 0 aliphatic carbocycles. The molecule has 0 N–H and O–H groups in total. The minimum absolute atomic E-state index is 0.115. The Hall–Kier alpha value is -4.06.